The molecule has 0 aliphatic heterocycles. The van der Waals surface area contributed by atoms with Crippen molar-refractivity contribution < 1.29 is 24.2 Å². The van der Waals surface area contributed by atoms with Crippen molar-refractivity contribution in [3.8, 4) is 11.5 Å². The highest BCUT2D eigenvalue weighted by Gasteiger charge is 2.06. The molecule has 7 nitrogen and oxygen atoms in total. The van der Waals surface area contributed by atoms with Crippen molar-refractivity contribution in [1.29, 1.82) is 0 Å². The van der Waals surface area contributed by atoms with Crippen LogP contribution in [-0.4, -0.2) is 36.9 Å². The number of aromatic hydroxyl groups is 1. The number of ether oxygens (including phenoxy) is 2. The van der Waals surface area contributed by atoms with Crippen LogP contribution in [0.4, 0.5) is 0 Å². The van der Waals surface area contributed by atoms with E-state index in [2.05, 4.69) is 15.3 Å². The molecule has 0 fully saturated rings. The van der Waals surface area contributed by atoms with E-state index in [1.807, 2.05) is 0 Å². The minimum atomic E-state index is -0.460. The second kappa shape index (κ2) is 8.33. The van der Waals surface area contributed by atoms with Gasteiger partial charge in [-0.05, 0) is 36.4 Å². The smallest absolute Gasteiger partial charge is 0.337 e. The molecule has 0 spiro atoms. The molecular weight excluding hydrogens is 312 g/mol. The van der Waals surface area contributed by atoms with E-state index in [9.17, 15) is 14.7 Å². The van der Waals surface area contributed by atoms with Gasteiger partial charge in [-0.15, -0.1) is 0 Å². The summed E-state index contributed by atoms with van der Waals surface area (Å²) in [5.74, 6) is -0.406. The van der Waals surface area contributed by atoms with Crippen molar-refractivity contribution in [2.24, 2.45) is 5.10 Å². The molecule has 1 amide bonds. The zero-order valence-electron chi connectivity index (χ0n) is 12.9. The molecule has 0 atom stereocenters. The normalized spacial score (nSPS) is 10.4. The summed E-state index contributed by atoms with van der Waals surface area (Å²) in [4.78, 5) is 22.9. The lowest BCUT2D eigenvalue weighted by molar-refractivity contribution is -0.123. The minimum absolute atomic E-state index is 0.0671. The number of para-hydroxylation sites is 1. The van der Waals surface area contributed by atoms with Gasteiger partial charge in [0.15, 0.2) is 6.61 Å². The quantitative estimate of drug-likeness (QED) is 0.478. The van der Waals surface area contributed by atoms with Crippen molar-refractivity contribution in [2.45, 2.75) is 0 Å². The van der Waals surface area contributed by atoms with E-state index in [0.717, 1.165) is 0 Å². The molecular formula is C17H16N2O5. The Hall–Kier alpha value is -3.35. The SMILES string of the molecule is COC(=O)c1ccc(OCC(=O)N/N=C\c2ccccc2O)cc1. The molecule has 2 aromatic rings. The van der Waals surface area contributed by atoms with E-state index < -0.39 is 11.9 Å². The zero-order valence-corrected chi connectivity index (χ0v) is 12.9. The molecule has 0 radical (unpaired) electrons. The van der Waals surface area contributed by atoms with Gasteiger partial charge in [-0.1, -0.05) is 12.1 Å². The largest absolute Gasteiger partial charge is 0.507 e. The first-order chi connectivity index (χ1) is 11.6. The number of esters is 1. The Morgan fingerprint density at radius 1 is 1.17 bits per heavy atom. The lowest BCUT2D eigenvalue weighted by atomic mass is 10.2. The number of carbonyl (C=O) groups is 2. The fourth-order valence-electron chi connectivity index (χ4n) is 1.76. The van der Waals surface area contributed by atoms with Crippen LogP contribution >= 0.6 is 0 Å². The predicted octanol–water partition coefficient (Wildman–Crippen LogP) is 1.71. The third-order valence-corrected chi connectivity index (χ3v) is 2.97. The Bertz CT molecular complexity index is 741. The molecule has 2 N–H and O–H groups in total. The van der Waals surface area contributed by atoms with E-state index in [4.69, 9.17) is 4.74 Å². The highest BCUT2D eigenvalue weighted by atomic mass is 16.5. The number of hydrazone groups is 1. The number of rotatable bonds is 6. The van der Waals surface area contributed by atoms with Gasteiger partial charge in [0.05, 0.1) is 18.9 Å². The average molecular weight is 328 g/mol. The van der Waals surface area contributed by atoms with Crippen LogP contribution in [-0.2, 0) is 9.53 Å². The molecule has 2 rings (SSSR count). The predicted molar refractivity (Wildman–Crippen MR) is 87.1 cm³/mol. The van der Waals surface area contributed by atoms with Crippen LogP contribution in [0.1, 0.15) is 15.9 Å². The maximum absolute atomic E-state index is 11.6. The highest BCUT2D eigenvalue weighted by molar-refractivity contribution is 5.89. The number of methoxy groups -OCH3 is 1. The van der Waals surface area contributed by atoms with Gasteiger partial charge in [-0.3, -0.25) is 4.79 Å². The standard InChI is InChI=1S/C17H16N2O5/c1-23-17(22)12-6-8-14(9-7-12)24-11-16(21)19-18-10-13-4-2-3-5-15(13)20/h2-10,20H,11H2,1H3,(H,19,21)/b18-10-. The molecule has 0 aromatic heterocycles. The Morgan fingerprint density at radius 2 is 1.88 bits per heavy atom. The number of nitrogens with zero attached hydrogens (tertiary/aromatic N) is 1. The molecule has 0 aliphatic carbocycles. The van der Waals surface area contributed by atoms with Crippen LogP contribution in [0.15, 0.2) is 53.6 Å². The lowest BCUT2D eigenvalue weighted by Gasteiger charge is -2.05. The number of carbonyl (C=O) groups excluding carboxylic acids is 2. The van der Waals surface area contributed by atoms with Gasteiger partial charge in [-0.2, -0.15) is 5.10 Å². The second-order valence-electron chi connectivity index (χ2n) is 4.66. The zero-order chi connectivity index (χ0) is 17.4. The molecule has 24 heavy (non-hydrogen) atoms. The summed E-state index contributed by atoms with van der Waals surface area (Å²) in [6.45, 7) is -0.240. The van der Waals surface area contributed by atoms with E-state index in [1.54, 1.807) is 30.3 Å². The maximum atomic E-state index is 11.6. The summed E-state index contributed by atoms with van der Waals surface area (Å²) in [6.07, 6.45) is 1.33. The highest BCUT2D eigenvalue weighted by Crippen LogP contribution is 2.13. The van der Waals surface area contributed by atoms with E-state index in [-0.39, 0.29) is 12.4 Å². The maximum Gasteiger partial charge on any atom is 0.337 e. The first-order valence-corrected chi connectivity index (χ1v) is 7.01. The van der Waals surface area contributed by atoms with Gasteiger partial charge in [0, 0.05) is 5.56 Å². The minimum Gasteiger partial charge on any atom is -0.507 e. The van der Waals surface area contributed by atoms with Gasteiger partial charge >= 0.3 is 5.97 Å². The summed E-state index contributed by atoms with van der Waals surface area (Å²) in [5, 5.41) is 13.3. The lowest BCUT2D eigenvalue weighted by Crippen LogP contribution is -2.24. The topological polar surface area (TPSA) is 97.2 Å². The van der Waals surface area contributed by atoms with Crippen LogP contribution in [0.25, 0.3) is 0 Å². The van der Waals surface area contributed by atoms with Crippen molar-refractivity contribution >= 4 is 18.1 Å². The number of hydrogen-bond acceptors (Lipinski definition) is 6. The van der Waals surface area contributed by atoms with Gasteiger partial charge in [0.2, 0.25) is 0 Å². The van der Waals surface area contributed by atoms with E-state index in [0.29, 0.717) is 16.9 Å². The number of hydrogen-bond donors (Lipinski definition) is 2. The van der Waals surface area contributed by atoms with Crippen LogP contribution in [0.3, 0.4) is 0 Å². The Kier molecular flexibility index (Phi) is 5.90. The van der Waals surface area contributed by atoms with Gasteiger partial charge < -0.3 is 14.6 Å². The molecule has 0 saturated carbocycles. The monoisotopic (exact) mass is 328 g/mol. The third kappa shape index (κ3) is 4.84. The average Bonchev–Trinajstić information content (AvgIpc) is 2.61. The molecule has 2 aromatic carbocycles. The molecule has 124 valence electrons. The van der Waals surface area contributed by atoms with Crippen LogP contribution in [0.5, 0.6) is 11.5 Å². The van der Waals surface area contributed by atoms with Gasteiger partial charge in [-0.25, -0.2) is 10.2 Å². The summed E-state index contributed by atoms with van der Waals surface area (Å²) in [5.41, 5.74) is 3.16. The second-order valence-corrected chi connectivity index (χ2v) is 4.66. The Labute approximate surface area is 138 Å². The van der Waals surface area contributed by atoms with Gasteiger partial charge in [0.25, 0.3) is 5.91 Å². The first kappa shape index (κ1) is 17.0. The van der Waals surface area contributed by atoms with Crippen LogP contribution in [0.2, 0.25) is 0 Å². The number of nitrogens with one attached hydrogen (secondary N) is 1. The van der Waals surface area contributed by atoms with Crippen molar-refractivity contribution in [2.75, 3.05) is 13.7 Å². The van der Waals surface area contributed by atoms with E-state index >= 15 is 0 Å². The molecule has 0 aliphatic rings. The molecule has 0 saturated heterocycles. The Balaban J connectivity index is 1.81. The van der Waals surface area contributed by atoms with Crippen molar-refractivity contribution in [3.63, 3.8) is 0 Å². The summed E-state index contributed by atoms with van der Waals surface area (Å²) >= 11 is 0. The molecule has 0 unspecified atom stereocenters. The summed E-state index contributed by atoms with van der Waals surface area (Å²) in [6, 6.07) is 12.8. The molecule has 0 heterocycles. The van der Waals surface area contributed by atoms with Crippen LogP contribution < -0.4 is 10.2 Å². The van der Waals surface area contributed by atoms with E-state index in [1.165, 1.54) is 31.5 Å². The van der Waals surface area contributed by atoms with Crippen LogP contribution in [0, 0.1) is 0 Å². The first-order valence-electron chi connectivity index (χ1n) is 7.01. The molecule has 7 heteroatoms. The third-order valence-electron chi connectivity index (χ3n) is 2.97. The number of phenolic OH excluding ortho intramolecular Hbond substituents is 1. The number of amides is 1. The van der Waals surface area contributed by atoms with Gasteiger partial charge in [0.1, 0.15) is 11.5 Å². The fourth-order valence-corrected chi connectivity index (χ4v) is 1.76. The number of phenols is 1. The molecule has 0 bridgehead atoms. The summed E-state index contributed by atoms with van der Waals surface area (Å²) < 4.78 is 9.86. The number of benzene rings is 2. The van der Waals surface area contributed by atoms with Crippen molar-refractivity contribution in [3.05, 3.63) is 59.7 Å². The summed E-state index contributed by atoms with van der Waals surface area (Å²) in [7, 11) is 1.30. The Morgan fingerprint density at radius 3 is 2.54 bits per heavy atom. The fraction of sp³-hybridized carbons (Fsp3) is 0.118. The van der Waals surface area contributed by atoms with Crippen molar-refractivity contribution in [1.82, 2.24) is 5.43 Å².